The predicted molar refractivity (Wildman–Crippen MR) is 79.0 cm³/mol. The van der Waals surface area contributed by atoms with Crippen LogP contribution in [0.4, 0.5) is 0 Å². The summed E-state index contributed by atoms with van der Waals surface area (Å²) in [6.07, 6.45) is 4.44. The van der Waals surface area contributed by atoms with Gasteiger partial charge in [0.2, 0.25) is 11.8 Å². The minimum Gasteiger partial charge on any atom is -0.472 e. The summed E-state index contributed by atoms with van der Waals surface area (Å²) in [6.45, 7) is 3.30. The van der Waals surface area contributed by atoms with E-state index in [9.17, 15) is 14.4 Å². The van der Waals surface area contributed by atoms with E-state index in [0.29, 0.717) is 31.7 Å². The van der Waals surface area contributed by atoms with Gasteiger partial charge in [-0.3, -0.25) is 14.4 Å². The molecular weight excluding hydrogens is 286 g/mol. The molecular formula is C15H21N3O4. The van der Waals surface area contributed by atoms with Crippen molar-refractivity contribution in [2.24, 2.45) is 5.92 Å². The molecule has 0 unspecified atom stereocenters. The number of hydrogen-bond acceptors (Lipinski definition) is 4. The average Bonchev–Trinajstić information content (AvgIpc) is 3.05. The molecule has 1 aliphatic rings. The molecule has 1 aliphatic heterocycles. The molecule has 22 heavy (non-hydrogen) atoms. The first-order valence-electron chi connectivity index (χ1n) is 7.41. The summed E-state index contributed by atoms with van der Waals surface area (Å²) < 4.78 is 4.92. The molecule has 2 N–H and O–H groups in total. The molecule has 0 saturated carbocycles. The van der Waals surface area contributed by atoms with Crippen molar-refractivity contribution in [2.75, 3.05) is 26.2 Å². The molecule has 1 aromatic rings. The summed E-state index contributed by atoms with van der Waals surface area (Å²) in [4.78, 5) is 36.8. The van der Waals surface area contributed by atoms with Gasteiger partial charge in [-0.05, 0) is 18.9 Å². The first kappa shape index (κ1) is 16.1. The van der Waals surface area contributed by atoms with Gasteiger partial charge in [-0.2, -0.15) is 0 Å². The Balaban J connectivity index is 1.81. The van der Waals surface area contributed by atoms with E-state index >= 15 is 0 Å². The van der Waals surface area contributed by atoms with Crippen molar-refractivity contribution in [3.63, 3.8) is 0 Å². The molecule has 0 aliphatic carbocycles. The Labute approximate surface area is 129 Å². The van der Waals surface area contributed by atoms with Crippen LogP contribution in [0.1, 0.15) is 30.1 Å². The van der Waals surface area contributed by atoms with Gasteiger partial charge in [0.1, 0.15) is 6.26 Å². The lowest BCUT2D eigenvalue weighted by Crippen LogP contribution is -2.46. The molecule has 120 valence electrons. The van der Waals surface area contributed by atoms with Crippen LogP contribution < -0.4 is 10.6 Å². The lowest BCUT2D eigenvalue weighted by atomic mass is 9.96. The molecule has 1 atom stereocenters. The van der Waals surface area contributed by atoms with E-state index in [1.807, 2.05) is 0 Å². The van der Waals surface area contributed by atoms with Gasteiger partial charge in [0.25, 0.3) is 5.91 Å². The molecule has 0 spiro atoms. The second kappa shape index (κ2) is 7.63. The third kappa shape index (κ3) is 4.34. The Bertz CT molecular complexity index is 527. The van der Waals surface area contributed by atoms with E-state index in [1.165, 1.54) is 19.5 Å². The molecule has 2 rings (SSSR count). The maximum Gasteiger partial charge on any atom is 0.257 e. The fourth-order valence-corrected chi connectivity index (χ4v) is 2.51. The molecule has 1 aromatic heterocycles. The lowest BCUT2D eigenvalue weighted by Gasteiger charge is -2.31. The van der Waals surface area contributed by atoms with Crippen LogP contribution >= 0.6 is 0 Å². The Morgan fingerprint density at radius 1 is 1.32 bits per heavy atom. The summed E-state index contributed by atoms with van der Waals surface area (Å²) >= 11 is 0. The van der Waals surface area contributed by atoms with Crippen LogP contribution in [0.15, 0.2) is 23.0 Å². The summed E-state index contributed by atoms with van der Waals surface area (Å²) in [7, 11) is 0. The second-order valence-electron chi connectivity index (χ2n) is 5.38. The molecule has 3 amide bonds. The minimum atomic E-state index is -0.207. The van der Waals surface area contributed by atoms with Crippen LogP contribution in [0, 0.1) is 5.92 Å². The zero-order chi connectivity index (χ0) is 15.9. The number of hydrogen-bond donors (Lipinski definition) is 2. The fourth-order valence-electron chi connectivity index (χ4n) is 2.51. The van der Waals surface area contributed by atoms with Crippen LogP contribution in [0.5, 0.6) is 0 Å². The van der Waals surface area contributed by atoms with Gasteiger partial charge < -0.3 is 20.0 Å². The monoisotopic (exact) mass is 307 g/mol. The number of furan rings is 1. The Hall–Kier alpha value is -2.31. The zero-order valence-corrected chi connectivity index (χ0v) is 12.6. The van der Waals surface area contributed by atoms with Gasteiger partial charge in [0, 0.05) is 33.1 Å². The first-order valence-corrected chi connectivity index (χ1v) is 7.41. The maximum atomic E-state index is 12.3. The maximum absolute atomic E-state index is 12.3. The topological polar surface area (TPSA) is 91.7 Å². The van der Waals surface area contributed by atoms with Crippen LogP contribution in [-0.4, -0.2) is 48.8 Å². The number of nitrogens with zero attached hydrogens (tertiary/aromatic N) is 1. The number of carbonyl (C=O) groups excluding carboxylic acids is 3. The third-order valence-electron chi connectivity index (χ3n) is 3.65. The molecule has 0 aromatic carbocycles. The molecule has 0 radical (unpaired) electrons. The highest BCUT2D eigenvalue weighted by Gasteiger charge is 2.29. The average molecular weight is 307 g/mol. The molecule has 0 bridgehead atoms. The molecule has 2 heterocycles. The van der Waals surface area contributed by atoms with Gasteiger partial charge in [0.05, 0.1) is 17.7 Å². The Morgan fingerprint density at radius 2 is 2.09 bits per heavy atom. The van der Waals surface area contributed by atoms with Crippen LogP contribution in [0.25, 0.3) is 0 Å². The number of nitrogens with one attached hydrogen (secondary N) is 2. The summed E-state index contributed by atoms with van der Waals surface area (Å²) in [5.74, 6) is -0.509. The van der Waals surface area contributed by atoms with E-state index < -0.39 is 0 Å². The van der Waals surface area contributed by atoms with Crippen LogP contribution in [0.3, 0.4) is 0 Å². The largest absolute Gasteiger partial charge is 0.472 e. The number of likely N-dealkylation sites (tertiary alicyclic amines) is 1. The van der Waals surface area contributed by atoms with E-state index in [2.05, 4.69) is 10.6 Å². The number of amides is 3. The number of carbonyl (C=O) groups is 3. The van der Waals surface area contributed by atoms with Crippen molar-refractivity contribution in [2.45, 2.75) is 19.8 Å². The third-order valence-corrected chi connectivity index (χ3v) is 3.65. The van der Waals surface area contributed by atoms with Crippen molar-refractivity contribution in [3.05, 3.63) is 24.2 Å². The predicted octanol–water partition coefficient (Wildman–Crippen LogP) is 0.384. The van der Waals surface area contributed by atoms with E-state index in [0.717, 1.165) is 12.8 Å². The molecule has 1 saturated heterocycles. The highest BCUT2D eigenvalue weighted by atomic mass is 16.3. The smallest absolute Gasteiger partial charge is 0.257 e. The lowest BCUT2D eigenvalue weighted by molar-refractivity contribution is -0.126. The summed E-state index contributed by atoms with van der Waals surface area (Å²) in [5.41, 5.74) is 0.506. The van der Waals surface area contributed by atoms with E-state index in [-0.39, 0.29) is 23.6 Å². The molecule has 1 fully saturated rings. The Kier molecular flexibility index (Phi) is 5.57. The van der Waals surface area contributed by atoms with Crippen molar-refractivity contribution in [1.82, 2.24) is 15.5 Å². The van der Waals surface area contributed by atoms with Crippen molar-refractivity contribution >= 4 is 17.7 Å². The SMILES string of the molecule is CC(=O)NCCNC(=O)[C@@H]1CCCN(C(=O)c2ccoc2)C1. The van der Waals surface area contributed by atoms with Gasteiger partial charge in [-0.1, -0.05) is 0 Å². The Morgan fingerprint density at radius 3 is 2.77 bits per heavy atom. The quantitative estimate of drug-likeness (QED) is 0.770. The zero-order valence-electron chi connectivity index (χ0n) is 12.6. The van der Waals surface area contributed by atoms with Crippen LogP contribution in [0.2, 0.25) is 0 Å². The van der Waals surface area contributed by atoms with Crippen molar-refractivity contribution in [1.29, 1.82) is 0 Å². The van der Waals surface area contributed by atoms with E-state index in [4.69, 9.17) is 4.42 Å². The first-order chi connectivity index (χ1) is 10.6. The van der Waals surface area contributed by atoms with Crippen molar-refractivity contribution < 1.29 is 18.8 Å². The molecule has 7 nitrogen and oxygen atoms in total. The summed E-state index contributed by atoms with van der Waals surface area (Å²) in [6, 6.07) is 1.62. The van der Waals surface area contributed by atoms with Gasteiger partial charge in [-0.15, -0.1) is 0 Å². The second-order valence-corrected chi connectivity index (χ2v) is 5.38. The molecule has 7 heteroatoms. The number of rotatable bonds is 5. The highest BCUT2D eigenvalue weighted by Crippen LogP contribution is 2.19. The normalized spacial score (nSPS) is 17.9. The van der Waals surface area contributed by atoms with E-state index in [1.54, 1.807) is 11.0 Å². The van der Waals surface area contributed by atoms with Gasteiger partial charge >= 0.3 is 0 Å². The summed E-state index contributed by atoms with van der Waals surface area (Å²) in [5, 5.41) is 5.41. The van der Waals surface area contributed by atoms with Gasteiger partial charge in [0.15, 0.2) is 0 Å². The van der Waals surface area contributed by atoms with Crippen LogP contribution in [-0.2, 0) is 9.59 Å². The number of piperidine rings is 1. The fraction of sp³-hybridized carbons (Fsp3) is 0.533. The minimum absolute atomic E-state index is 0.0740. The van der Waals surface area contributed by atoms with Gasteiger partial charge in [-0.25, -0.2) is 0 Å². The standard InChI is InChI=1S/C15H21N3O4/c1-11(19)16-5-6-17-14(20)12-3-2-7-18(9-12)15(21)13-4-8-22-10-13/h4,8,10,12H,2-3,5-7,9H2,1H3,(H,16,19)(H,17,20)/t12-/m1/s1. The highest BCUT2D eigenvalue weighted by molar-refractivity contribution is 5.94. The van der Waals surface area contributed by atoms with Crippen molar-refractivity contribution in [3.8, 4) is 0 Å².